The van der Waals surface area contributed by atoms with Crippen LogP contribution in [0, 0.1) is 23.2 Å². The van der Waals surface area contributed by atoms with Crippen LogP contribution in [0.3, 0.4) is 0 Å². The molecule has 0 amide bonds. The number of aliphatic hydroxyl groups excluding tert-OH is 2. The molecule has 3 aliphatic carbocycles. The summed E-state index contributed by atoms with van der Waals surface area (Å²) in [5.41, 5.74) is 2.70. The second-order valence-electron chi connectivity index (χ2n) is 11.4. The van der Waals surface area contributed by atoms with E-state index in [1.165, 1.54) is 32.1 Å². The molecule has 34 heavy (non-hydrogen) atoms. The van der Waals surface area contributed by atoms with E-state index in [2.05, 4.69) is 36.3 Å². The van der Waals surface area contributed by atoms with Crippen LogP contribution >= 0.6 is 0 Å². The average molecular weight is 472 g/mol. The molecule has 1 aromatic heterocycles. The summed E-state index contributed by atoms with van der Waals surface area (Å²) >= 11 is 0. The van der Waals surface area contributed by atoms with Gasteiger partial charge in [-0.2, -0.15) is 0 Å². The van der Waals surface area contributed by atoms with E-state index >= 15 is 0 Å². The highest BCUT2D eigenvalue weighted by Crippen LogP contribution is 2.58. The van der Waals surface area contributed by atoms with Crippen LogP contribution < -0.4 is 0 Å². The van der Waals surface area contributed by atoms with Gasteiger partial charge in [-0.15, -0.1) is 5.10 Å². The predicted octanol–water partition coefficient (Wildman–Crippen LogP) is 4.90. The summed E-state index contributed by atoms with van der Waals surface area (Å²) in [6.45, 7) is 9.24. The van der Waals surface area contributed by atoms with Gasteiger partial charge in [0.1, 0.15) is 11.3 Å². The average Bonchev–Trinajstić information content (AvgIpc) is 3.43. The van der Waals surface area contributed by atoms with E-state index in [4.69, 9.17) is 0 Å². The van der Waals surface area contributed by atoms with E-state index in [9.17, 15) is 15.3 Å². The van der Waals surface area contributed by atoms with Gasteiger partial charge in [-0.1, -0.05) is 62.6 Å². The SMILES string of the molecule is CC[C@H]1CC[C@H]2/C(=C/C=C3\C[C@@H](O)C[C@H](O)C3Cn3cc(C(O)(CC)CC)nn3)CCC[C@]12C. The monoisotopic (exact) mass is 471 g/mol. The summed E-state index contributed by atoms with van der Waals surface area (Å²) in [5.74, 6) is 1.37. The van der Waals surface area contributed by atoms with Gasteiger partial charge in [0.25, 0.3) is 0 Å². The lowest BCUT2D eigenvalue weighted by atomic mass is 9.63. The van der Waals surface area contributed by atoms with Crippen LogP contribution in [-0.2, 0) is 12.1 Å². The van der Waals surface area contributed by atoms with E-state index in [1.807, 2.05) is 20.0 Å². The van der Waals surface area contributed by atoms with Crippen LogP contribution in [0.5, 0.6) is 0 Å². The summed E-state index contributed by atoms with van der Waals surface area (Å²) in [7, 11) is 0. The Balaban J connectivity index is 1.57. The molecular weight excluding hydrogens is 426 g/mol. The summed E-state index contributed by atoms with van der Waals surface area (Å²) < 4.78 is 1.75. The molecule has 3 fully saturated rings. The lowest BCUT2D eigenvalue weighted by Crippen LogP contribution is -2.36. The third-order valence-electron chi connectivity index (χ3n) is 9.66. The zero-order valence-corrected chi connectivity index (χ0v) is 21.6. The maximum Gasteiger partial charge on any atom is 0.114 e. The van der Waals surface area contributed by atoms with Crippen molar-refractivity contribution in [3.63, 3.8) is 0 Å². The molecule has 1 unspecified atom stereocenters. The number of rotatable bonds is 7. The van der Waals surface area contributed by atoms with E-state index < -0.39 is 17.8 Å². The molecule has 0 aromatic carbocycles. The van der Waals surface area contributed by atoms with Crippen molar-refractivity contribution < 1.29 is 15.3 Å². The number of nitrogens with zero attached hydrogens (tertiary/aromatic N) is 3. The fourth-order valence-corrected chi connectivity index (χ4v) is 7.27. The quantitative estimate of drug-likeness (QED) is 0.526. The molecule has 190 valence electrons. The van der Waals surface area contributed by atoms with Crippen molar-refractivity contribution in [1.82, 2.24) is 15.0 Å². The molecule has 0 spiro atoms. The normalized spacial score (nSPS) is 36.9. The van der Waals surface area contributed by atoms with Crippen LogP contribution in [0.2, 0.25) is 0 Å². The fraction of sp³-hybridized carbons (Fsp3) is 0.786. The molecule has 0 saturated heterocycles. The maximum absolute atomic E-state index is 10.9. The Bertz CT molecular complexity index is 902. The molecule has 3 N–H and O–H groups in total. The van der Waals surface area contributed by atoms with Crippen LogP contribution in [0.25, 0.3) is 0 Å². The Labute approximate surface area is 205 Å². The number of hydrogen-bond acceptors (Lipinski definition) is 5. The Morgan fingerprint density at radius 3 is 2.59 bits per heavy atom. The number of aliphatic hydroxyl groups is 3. The van der Waals surface area contributed by atoms with Crippen molar-refractivity contribution in [2.75, 3.05) is 0 Å². The number of aromatic nitrogens is 3. The van der Waals surface area contributed by atoms with Crippen molar-refractivity contribution in [1.29, 1.82) is 0 Å². The van der Waals surface area contributed by atoms with Gasteiger partial charge >= 0.3 is 0 Å². The molecule has 0 radical (unpaired) electrons. The molecule has 0 bridgehead atoms. The first-order chi connectivity index (χ1) is 16.2. The summed E-state index contributed by atoms with van der Waals surface area (Å²) in [6.07, 6.45) is 15.0. The van der Waals surface area contributed by atoms with E-state index in [0.717, 1.165) is 17.9 Å². The fourth-order valence-electron chi connectivity index (χ4n) is 7.27. The molecule has 3 saturated carbocycles. The minimum atomic E-state index is -0.964. The van der Waals surface area contributed by atoms with Gasteiger partial charge in [0, 0.05) is 12.3 Å². The van der Waals surface area contributed by atoms with E-state index in [1.54, 1.807) is 10.3 Å². The Kier molecular flexibility index (Phi) is 7.70. The van der Waals surface area contributed by atoms with Gasteiger partial charge in [0.2, 0.25) is 0 Å². The van der Waals surface area contributed by atoms with Crippen molar-refractivity contribution in [3.8, 4) is 0 Å². The topological polar surface area (TPSA) is 91.4 Å². The number of allylic oxidation sites excluding steroid dienone is 3. The van der Waals surface area contributed by atoms with Gasteiger partial charge in [-0.25, -0.2) is 0 Å². The first kappa shape index (κ1) is 25.6. The molecule has 4 rings (SSSR count). The molecule has 6 heteroatoms. The lowest BCUT2D eigenvalue weighted by molar-refractivity contribution is 0.0216. The Morgan fingerprint density at radius 1 is 1.15 bits per heavy atom. The van der Waals surface area contributed by atoms with Crippen molar-refractivity contribution in [3.05, 3.63) is 35.2 Å². The van der Waals surface area contributed by atoms with Crippen molar-refractivity contribution in [2.24, 2.45) is 23.2 Å². The first-order valence-corrected chi connectivity index (χ1v) is 13.6. The Morgan fingerprint density at radius 2 is 1.88 bits per heavy atom. The second kappa shape index (κ2) is 10.2. The molecular formula is C28H45N3O3. The van der Waals surface area contributed by atoms with Gasteiger partial charge in [0.15, 0.2) is 0 Å². The Hall–Kier alpha value is -1.50. The summed E-state index contributed by atoms with van der Waals surface area (Å²) in [5, 5.41) is 40.6. The maximum atomic E-state index is 10.9. The largest absolute Gasteiger partial charge is 0.393 e. The molecule has 1 heterocycles. The van der Waals surface area contributed by atoms with Gasteiger partial charge in [0.05, 0.1) is 24.9 Å². The van der Waals surface area contributed by atoms with Crippen molar-refractivity contribution in [2.45, 2.75) is 116 Å². The summed E-state index contributed by atoms with van der Waals surface area (Å²) in [6, 6.07) is 0. The second-order valence-corrected chi connectivity index (χ2v) is 11.4. The molecule has 1 aromatic rings. The van der Waals surface area contributed by atoms with Crippen LogP contribution in [0.1, 0.15) is 97.6 Å². The molecule has 6 atom stereocenters. The van der Waals surface area contributed by atoms with E-state index in [0.29, 0.717) is 49.3 Å². The highest BCUT2D eigenvalue weighted by Gasteiger charge is 2.48. The minimum absolute atomic E-state index is 0.118. The summed E-state index contributed by atoms with van der Waals surface area (Å²) in [4.78, 5) is 0. The lowest BCUT2D eigenvalue weighted by Gasteiger charge is -2.42. The highest BCUT2D eigenvalue weighted by molar-refractivity contribution is 5.27. The molecule has 6 nitrogen and oxygen atoms in total. The minimum Gasteiger partial charge on any atom is -0.393 e. The zero-order chi connectivity index (χ0) is 24.5. The van der Waals surface area contributed by atoms with E-state index in [-0.39, 0.29) is 5.92 Å². The highest BCUT2D eigenvalue weighted by atomic mass is 16.3. The molecule has 3 aliphatic rings. The van der Waals surface area contributed by atoms with Gasteiger partial charge < -0.3 is 15.3 Å². The molecule has 0 aliphatic heterocycles. The number of fused-ring (bicyclic) bond motifs is 1. The predicted molar refractivity (Wildman–Crippen MR) is 134 cm³/mol. The van der Waals surface area contributed by atoms with Gasteiger partial charge in [-0.3, -0.25) is 4.68 Å². The number of hydrogen-bond donors (Lipinski definition) is 3. The van der Waals surface area contributed by atoms with Crippen LogP contribution in [-0.4, -0.2) is 42.5 Å². The third kappa shape index (κ3) is 4.78. The zero-order valence-electron chi connectivity index (χ0n) is 21.6. The van der Waals surface area contributed by atoms with Crippen molar-refractivity contribution >= 4 is 0 Å². The van der Waals surface area contributed by atoms with Gasteiger partial charge in [-0.05, 0) is 68.6 Å². The third-order valence-corrected chi connectivity index (χ3v) is 9.66. The smallest absolute Gasteiger partial charge is 0.114 e. The van der Waals surface area contributed by atoms with Crippen LogP contribution in [0.15, 0.2) is 29.5 Å². The first-order valence-electron chi connectivity index (χ1n) is 13.6. The standard InChI is InChI=1S/C28H45N3O3/c1-5-21-12-13-24-19(9-8-14-27(21,24)4)10-11-20-15-22(32)16-25(33)23(20)17-31-18-26(29-30-31)28(34,6-2)7-3/h10-11,18,21-25,32-34H,5-9,12-17H2,1-4H3/b19-10+,20-11+/t21-,22+,23?,24-,25-,27+/m0/s1. The van der Waals surface area contributed by atoms with Crippen LogP contribution in [0.4, 0.5) is 0 Å².